The Hall–Kier alpha value is -4.62. The second kappa shape index (κ2) is 16.5. The third kappa shape index (κ3) is 9.71. The molecule has 250 valence electrons. The lowest BCUT2D eigenvalue weighted by molar-refractivity contribution is 0.0935. The predicted octanol–water partition coefficient (Wildman–Crippen LogP) is 7.14. The summed E-state index contributed by atoms with van der Waals surface area (Å²) in [5, 5.41) is 31.4. The van der Waals surface area contributed by atoms with E-state index >= 15 is 0 Å². The maximum Gasteiger partial charge on any atom is 0.404 e. The van der Waals surface area contributed by atoms with Crippen LogP contribution in [0.4, 0.5) is 4.79 Å². The topological polar surface area (TPSA) is 139 Å². The standard InChI is InChI=1S/C38H42ClN5O4/c1-24-3-9-28(10-4-24)25(2)41-23-33-16-18-36(48-33)29-11-17-35(39)34(20-29)37(45)43-32(19-26-5-7-27(21-40)8-6-26)22-42-30-12-14-31(15-13-30)44-38(46)47/h3-11,16-18,20,25,30-32,41-42,44H,12-15,19,22-23H2,1-2H3,(H,43,45)(H,46,47)/t25-,30?,31?,32-/m1/s1. The van der Waals surface area contributed by atoms with Gasteiger partial charge >= 0.3 is 6.09 Å². The number of nitriles is 1. The monoisotopic (exact) mass is 667 g/mol. The molecule has 2 amide bonds. The maximum absolute atomic E-state index is 13.7. The molecule has 4 aromatic rings. The Balaban J connectivity index is 1.24. The van der Waals surface area contributed by atoms with E-state index in [0.29, 0.717) is 41.4 Å². The smallest absolute Gasteiger partial charge is 0.404 e. The van der Waals surface area contributed by atoms with E-state index in [4.69, 9.17) is 21.1 Å². The molecule has 9 nitrogen and oxygen atoms in total. The van der Waals surface area contributed by atoms with Crippen LogP contribution in [0.5, 0.6) is 0 Å². The number of halogens is 1. The van der Waals surface area contributed by atoms with Crippen LogP contribution < -0.4 is 21.3 Å². The van der Waals surface area contributed by atoms with Crippen molar-refractivity contribution >= 4 is 23.6 Å². The van der Waals surface area contributed by atoms with Crippen molar-refractivity contribution in [2.24, 2.45) is 0 Å². The van der Waals surface area contributed by atoms with Crippen LogP contribution in [-0.4, -0.2) is 41.8 Å². The number of carbonyl (C=O) groups is 2. The summed E-state index contributed by atoms with van der Waals surface area (Å²) >= 11 is 6.57. The number of furan rings is 1. The van der Waals surface area contributed by atoms with E-state index in [-0.39, 0.29) is 30.1 Å². The zero-order valence-electron chi connectivity index (χ0n) is 27.3. The van der Waals surface area contributed by atoms with E-state index in [2.05, 4.69) is 65.4 Å². The first-order valence-electron chi connectivity index (χ1n) is 16.4. The largest absolute Gasteiger partial charge is 0.465 e. The Labute approximate surface area is 286 Å². The van der Waals surface area contributed by atoms with Gasteiger partial charge in [-0.3, -0.25) is 4.79 Å². The lowest BCUT2D eigenvalue weighted by Crippen LogP contribution is -2.48. The molecule has 0 spiro atoms. The number of hydrogen-bond acceptors (Lipinski definition) is 6. The number of nitrogens with zero attached hydrogens (tertiary/aromatic N) is 1. The molecule has 1 fully saturated rings. The number of carbonyl (C=O) groups excluding carboxylic acids is 1. The SMILES string of the molecule is Cc1ccc([C@@H](C)NCc2ccc(-c3ccc(Cl)c(C(=O)N[C@@H](CNC4CCC(NC(=O)O)CC4)Cc4ccc(C#N)cc4)c3)o2)cc1. The summed E-state index contributed by atoms with van der Waals surface area (Å²) in [5.74, 6) is 1.13. The molecule has 3 aromatic carbocycles. The summed E-state index contributed by atoms with van der Waals surface area (Å²) in [5.41, 5.74) is 5.09. The third-order valence-corrected chi connectivity index (χ3v) is 9.25. The van der Waals surface area contributed by atoms with Crippen molar-refractivity contribution in [3.8, 4) is 17.4 Å². The summed E-state index contributed by atoms with van der Waals surface area (Å²) in [6.45, 7) is 5.26. The Bertz CT molecular complexity index is 1720. The number of amides is 2. The van der Waals surface area contributed by atoms with Gasteiger partial charge in [-0.25, -0.2) is 4.79 Å². The van der Waals surface area contributed by atoms with Gasteiger partial charge in [0.25, 0.3) is 5.91 Å². The molecule has 1 aliphatic carbocycles. The molecule has 0 bridgehead atoms. The molecule has 10 heteroatoms. The minimum Gasteiger partial charge on any atom is -0.465 e. The lowest BCUT2D eigenvalue weighted by atomic mass is 9.91. The molecule has 1 aliphatic rings. The molecule has 1 heterocycles. The Morgan fingerprint density at radius 2 is 1.69 bits per heavy atom. The van der Waals surface area contributed by atoms with Crippen molar-refractivity contribution in [3.63, 3.8) is 0 Å². The second-order valence-electron chi connectivity index (χ2n) is 12.6. The van der Waals surface area contributed by atoms with Gasteiger partial charge in [-0.05, 0) is 99.5 Å². The van der Waals surface area contributed by atoms with Gasteiger partial charge in [0.15, 0.2) is 0 Å². The number of nitrogens with one attached hydrogen (secondary N) is 4. The van der Waals surface area contributed by atoms with Gasteiger partial charge in [0.1, 0.15) is 11.5 Å². The first-order chi connectivity index (χ1) is 23.2. The molecule has 0 radical (unpaired) electrons. The molecule has 0 unspecified atom stereocenters. The van der Waals surface area contributed by atoms with Gasteiger partial charge in [0.05, 0.1) is 28.8 Å². The van der Waals surface area contributed by atoms with Crippen LogP contribution in [0.2, 0.25) is 5.02 Å². The van der Waals surface area contributed by atoms with Crippen LogP contribution in [0.3, 0.4) is 0 Å². The van der Waals surface area contributed by atoms with Gasteiger partial charge in [0, 0.05) is 36.3 Å². The number of aryl methyl sites for hydroxylation is 1. The fraction of sp³-hybridized carbons (Fsp3) is 0.342. The molecule has 0 aliphatic heterocycles. The van der Waals surface area contributed by atoms with Crippen molar-refractivity contribution in [1.29, 1.82) is 5.26 Å². The van der Waals surface area contributed by atoms with Crippen LogP contribution in [0, 0.1) is 18.3 Å². The molecule has 5 rings (SSSR count). The fourth-order valence-corrected chi connectivity index (χ4v) is 6.27. The van der Waals surface area contributed by atoms with Crippen molar-refractivity contribution in [1.82, 2.24) is 21.3 Å². The molecule has 2 atom stereocenters. The fourth-order valence-electron chi connectivity index (χ4n) is 6.07. The van der Waals surface area contributed by atoms with Gasteiger partial charge in [-0.1, -0.05) is 53.6 Å². The molecule has 5 N–H and O–H groups in total. The van der Waals surface area contributed by atoms with Crippen molar-refractivity contribution in [3.05, 3.63) is 117 Å². The van der Waals surface area contributed by atoms with Gasteiger partial charge in [-0.15, -0.1) is 0 Å². The molecular formula is C38H42ClN5O4. The van der Waals surface area contributed by atoms with Crippen molar-refractivity contribution in [2.75, 3.05) is 6.54 Å². The van der Waals surface area contributed by atoms with Crippen LogP contribution in [-0.2, 0) is 13.0 Å². The second-order valence-corrected chi connectivity index (χ2v) is 13.0. The normalized spacial score (nSPS) is 17.2. The maximum atomic E-state index is 13.7. The van der Waals surface area contributed by atoms with Gasteiger partial charge in [-0.2, -0.15) is 5.26 Å². The number of hydrogen-bond donors (Lipinski definition) is 5. The molecule has 48 heavy (non-hydrogen) atoms. The zero-order valence-corrected chi connectivity index (χ0v) is 28.0. The first-order valence-corrected chi connectivity index (χ1v) is 16.8. The van der Waals surface area contributed by atoms with Crippen LogP contribution in [0.15, 0.2) is 83.3 Å². The molecular weight excluding hydrogens is 626 g/mol. The summed E-state index contributed by atoms with van der Waals surface area (Å²) in [6, 6.07) is 27.2. The van der Waals surface area contributed by atoms with E-state index < -0.39 is 6.09 Å². The van der Waals surface area contributed by atoms with Gasteiger partial charge in [0.2, 0.25) is 0 Å². The highest BCUT2D eigenvalue weighted by Gasteiger charge is 2.24. The van der Waals surface area contributed by atoms with E-state index in [1.807, 2.05) is 30.3 Å². The highest BCUT2D eigenvalue weighted by molar-refractivity contribution is 6.34. The first kappa shape index (κ1) is 34.7. The van der Waals surface area contributed by atoms with Crippen LogP contribution in [0.1, 0.15) is 77.0 Å². The summed E-state index contributed by atoms with van der Waals surface area (Å²) < 4.78 is 6.16. The summed E-state index contributed by atoms with van der Waals surface area (Å²) in [6.07, 6.45) is 2.74. The van der Waals surface area contributed by atoms with Crippen LogP contribution >= 0.6 is 11.6 Å². The third-order valence-electron chi connectivity index (χ3n) is 8.93. The predicted molar refractivity (Wildman–Crippen MR) is 187 cm³/mol. The Morgan fingerprint density at radius 3 is 2.38 bits per heavy atom. The molecule has 1 saturated carbocycles. The van der Waals surface area contributed by atoms with E-state index in [9.17, 15) is 14.9 Å². The Kier molecular flexibility index (Phi) is 11.9. The van der Waals surface area contributed by atoms with Crippen molar-refractivity contribution < 1.29 is 19.1 Å². The Morgan fingerprint density at radius 1 is 0.979 bits per heavy atom. The lowest BCUT2D eigenvalue weighted by Gasteiger charge is -2.30. The zero-order chi connectivity index (χ0) is 34.0. The average Bonchev–Trinajstić information content (AvgIpc) is 3.56. The quantitative estimate of drug-likeness (QED) is 0.102. The van der Waals surface area contributed by atoms with Crippen molar-refractivity contribution in [2.45, 2.75) is 76.7 Å². The highest BCUT2D eigenvalue weighted by Crippen LogP contribution is 2.28. The number of benzene rings is 3. The van der Waals surface area contributed by atoms with E-state index in [1.165, 1.54) is 11.1 Å². The summed E-state index contributed by atoms with van der Waals surface area (Å²) in [7, 11) is 0. The van der Waals surface area contributed by atoms with Gasteiger partial charge < -0.3 is 30.8 Å². The highest BCUT2D eigenvalue weighted by atomic mass is 35.5. The number of carboxylic acid groups (broad SMARTS) is 1. The van der Waals surface area contributed by atoms with E-state index in [0.717, 1.165) is 42.6 Å². The minimum atomic E-state index is -0.993. The molecule has 1 aromatic heterocycles. The number of rotatable bonds is 13. The average molecular weight is 668 g/mol. The molecule has 0 saturated heterocycles. The minimum absolute atomic E-state index is 0.0344. The van der Waals surface area contributed by atoms with E-state index in [1.54, 1.807) is 24.3 Å². The summed E-state index contributed by atoms with van der Waals surface area (Å²) in [4.78, 5) is 24.7. The van der Waals surface area contributed by atoms with Crippen LogP contribution in [0.25, 0.3) is 11.3 Å².